The molecule has 0 fully saturated rings. The molecule has 0 unspecified atom stereocenters. The van der Waals surface area contributed by atoms with Crippen LogP contribution in [0.3, 0.4) is 0 Å². The van der Waals surface area contributed by atoms with Gasteiger partial charge in [0.1, 0.15) is 5.83 Å². The third-order valence-electron chi connectivity index (χ3n) is 3.61. The van der Waals surface area contributed by atoms with Gasteiger partial charge in [-0.3, -0.25) is 4.79 Å². The molecule has 1 aliphatic rings. The monoisotopic (exact) mass is 322 g/mol. The average Bonchev–Trinajstić information content (AvgIpc) is 2.80. The van der Waals surface area contributed by atoms with Gasteiger partial charge in [0.15, 0.2) is 5.82 Å². The molecule has 0 radical (unpaired) electrons. The van der Waals surface area contributed by atoms with Crippen molar-refractivity contribution in [2.24, 2.45) is 0 Å². The summed E-state index contributed by atoms with van der Waals surface area (Å²) < 4.78 is 13.3. The molecule has 0 saturated carbocycles. The van der Waals surface area contributed by atoms with Gasteiger partial charge in [-0.2, -0.15) is 0 Å². The van der Waals surface area contributed by atoms with E-state index in [4.69, 9.17) is 5.11 Å². The minimum absolute atomic E-state index is 0.00752. The Morgan fingerprint density at radius 1 is 1.17 bits per heavy atom. The molecule has 2 aromatic rings. The average molecular weight is 322 g/mol. The largest absolute Gasteiger partial charge is 0.481 e. The lowest BCUT2D eigenvalue weighted by Gasteiger charge is -2.06. The van der Waals surface area contributed by atoms with Gasteiger partial charge in [-0.1, -0.05) is 36.4 Å². The van der Waals surface area contributed by atoms with Crippen molar-refractivity contribution >= 4 is 11.5 Å². The van der Waals surface area contributed by atoms with Crippen LogP contribution in [0, 0.1) is 0 Å². The first-order valence-electron chi connectivity index (χ1n) is 7.49. The first kappa shape index (κ1) is 15.8. The van der Waals surface area contributed by atoms with Crippen LogP contribution in [0.5, 0.6) is 0 Å². The summed E-state index contributed by atoms with van der Waals surface area (Å²) in [5.74, 6) is -0.603. The molecule has 0 aliphatic heterocycles. The summed E-state index contributed by atoms with van der Waals surface area (Å²) in [5.41, 5.74) is 3.18. The Morgan fingerprint density at radius 2 is 1.96 bits per heavy atom. The zero-order valence-electron chi connectivity index (χ0n) is 12.8. The molecule has 5 heteroatoms. The van der Waals surface area contributed by atoms with Gasteiger partial charge in [0.25, 0.3) is 0 Å². The van der Waals surface area contributed by atoms with Crippen LogP contribution in [0.25, 0.3) is 16.8 Å². The SMILES string of the molecule is O=C(O)Cc1ccc(-c2ccnc(C3=CC=C(F)C=CC3)n2)cc1. The topological polar surface area (TPSA) is 63.1 Å². The second-order valence-electron chi connectivity index (χ2n) is 5.38. The van der Waals surface area contributed by atoms with Crippen LogP contribution in [0.1, 0.15) is 17.8 Å². The van der Waals surface area contributed by atoms with Crippen molar-refractivity contribution in [2.75, 3.05) is 0 Å². The molecule has 0 saturated heterocycles. The van der Waals surface area contributed by atoms with Gasteiger partial charge in [0, 0.05) is 17.3 Å². The number of aliphatic carboxylic acids is 1. The summed E-state index contributed by atoms with van der Waals surface area (Å²) in [5, 5.41) is 8.81. The van der Waals surface area contributed by atoms with E-state index in [1.165, 1.54) is 12.2 Å². The van der Waals surface area contributed by atoms with Crippen LogP contribution in [0.15, 0.2) is 66.7 Å². The third-order valence-corrected chi connectivity index (χ3v) is 3.61. The Bertz CT molecular complexity index is 852. The lowest BCUT2D eigenvalue weighted by molar-refractivity contribution is -0.136. The van der Waals surface area contributed by atoms with Gasteiger partial charge in [0.2, 0.25) is 0 Å². The number of nitrogens with zero attached hydrogens (tertiary/aromatic N) is 2. The maximum atomic E-state index is 13.3. The molecule has 1 aliphatic carbocycles. The van der Waals surface area contributed by atoms with Crippen molar-refractivity contribution in [3.63, 3.8) is 0 Å². The quantitative estimate of drug-likeness (QED) is 0.925. The lowest BCUT2D eigenvalue weighted by atomic mass is 10.1. The van der Waals surface area contributed by atoms with E-state index in [0.717, 1.165) is 22.4 Å². The van der Waals surface area contributed by atoms with Crippen molar-refractivity contribution in [1.82, 2.24) is 9.97 Å². The summed E-state index contributed by atoms with van der Waals surface area (Å²) in [7, 11) is 0. The number of carboxylic acid groups (broad SMARTS) is 1. The number of carboxylic acids is 1. The smallest absolute Gasteiger partial charge is 0.307 e. The van der Waals surface area contributed by atoms with E-state index in [9.17, 15) is 9.18 Å². The van der Waals surface area contributed by atoms with Crippen LogP contribution >= 0.6 is 0 Å². The molecule has 120 valence electrons. The number of benzene rings is 1. The second-order valence-corrected chi connectivity index (χ2v) is 5.38. The molecular formula is C19H15FN2O2. The summed E-state index contributed by atoms with van der Waals surface area (Å²) >= 11 is 0. The Labute approximate surface area is 138 Å². The summed E-state index contributed by atoms with van der Waals surface area (Å²) in [6.07, 6.45) is 8.46. The predicted octanol–water partition coefficient (Wildman–Crippen LogP) is 3.97. The van der Waals surface area contributed by atoms with Gasteiger partial charge in [-0.25, -0.2) is 14.4 Å². The minimum Gasteiger partial charge on any atom is -0.481 e. The van der Waals surface area contributed by atoms with Crippen LogP contribution < -0.4 is 0 Å². The highest BCUT2D eigenvalue weighted by molar-refractivity contribution is 5.71. The Morgan fingerprint density at radius 3 is 2.71 bits per heavy atom. The van der Waals surface area contributed by atoms with E-state index in [-0.39, 0.29) is 12.2 Å². The summed E-state index contributed by atoms with van der Waals surface area (Å²) in [6.45, 7) is 0. The normalized spacial score (nSPS) is 13.9. The highest BCUT2D eigenvalue weighted by Gasteiger charge is 2.08. The molecule has 0 amide bonds. The number of halogens is 1. The van der Waals surface area contributed by atoms with Crippen molar-refractivity contribution in [1.29, 1.82) is 0 Å². The molecule has 0 bridgehead atoms. The van der Waals surface area contributed by atoms with Gasteiger partial charge >= 0.3 is 5.97 Å². The third kappa shape index (κ3) is 3.81. The fourth-order valence-corrected chi connectivity index (χ4v) is 2.41. The van der Waals surface area contributed by atoms with E-state index >= 15 is 0 Å². The zero-order chi connectivity index (χ0) is 16.9. The van der Waals surface area contributed by atoms with E-state index in [2.05, 4.69) is 9.97 Å². The number of allylic oxidation sites excluding steroid dienone is 6. The van der Waals surface area contributed by atoms with Crippen LogP contribution in [-0.4, -0.2) is 21.0 Å². The fourth-order valence-electron chi connectivity index (χ4n) is 2.41. The van der Waals surface area contributed by atoms with Gasteiger partial charge < -0.3 is 5.11 Å². The predicted molar refractivity (Wildman–Crippen MR) is 89.7 cm³/mol. The van der Waals surface area contributed by atoms with Crippen molar-refractivity contribution in [3.8, 4) is 11.3 Å². The molecule has 1 aromatic heterocycles. The first-order valence-corrected chi connectivity index (χ1v) is 7.49. The van der Waals surface area contributed by atoms with E-state index in [1.54, 1.807) is 36.5 Å². The van der Waals surface area contributed by atoms with Gasteiger partial charge in [-0.05, 0) is 30.2 Å². The van der Waals surface area contributed by atoms with Crippen LogP contribution in [-0.2, 0) is 11.2 Å². The fraction of sp³-hybridized carbons (Fsp3) is 0.105. The van der Waals surface area contributed by atoms with Crippen LogP contribution in [0.4, 0.5) is 4.39 Å². The number of hydrogen-bond acceptors (Lipinski definition) is 3. The molecule has 1 N–H and O–H groups in total. The summed E-state index contributed by atoms with van der Waals surface area (Å²) in [4.78, 5) is 19.5. The van der Waals surface area contributed by atoms with Gasteiger partial charge in [-0.15, -0.1) is 0 Å². The molecule has 0 spiro atoms. The van der Waals surface area contributed by atoms with E-state index in [0.29, 0.717) is 12.2 Å². The molecule has 1 heterocycles. The lowest BCUT2D eigenvalue weighted by Crippen LogP contribution is -2.00. The highest BCUT2D eigenvalue weighted by Crippen LogP contribution is 2.23. The second kappa shape index (κ2) is 7.00. The Kier molecular flexibility index (Phi) is 4.61. The molecule has 3 rings (SSSR count). The number of carbonyl (C=O) groups is 1. The van der Waals surface area contributed by atoms with Crippen molar-refractivity contribution in [2.45, 2.75) is 12.8 Å². The maximum Gasteiger partial charge on any atom is 0.307 e. The molecule has 4 nitrogen and oxygen atoms in total. The Hall–Kier alpha value is -3.08. The number of rotatable bonds is 4. The molecule has 24 heavy (non-hydrogen) atoms. The maximum absolute atomic E-state index is 13.3. The van der Waals surface area contributed by atoms with Crippen molar-refractivity contribution in [3.05, 3.63) is 78.0 Å². The molecular weight excluding hydrogens is 307 g/mol. The zero-order valence-corrected chi connectivity index (χ0v) is 12.8. The van der Waals surface area contributed by atoms with Gasteiger partial charge in [0.05, 0.1) is 12.1 Å². The van der Waals surface area contributed by atoms with Crippen molar-refractivity contribution < 1.29 is 14.3 Å². The Balaban J connectivity index is 1.88. The summed E-state index contributed by atoms with van der Waals surface area (Å²) in [6, 6.07) is 9.02. The first-order chi connectivity index (χ1) is 11.6. The number of hydrogen-bond donors (Lipinski definition) is 1. The molecule has 1 aromatic carbocycles. The number of aromatic nitrogens is 2. The highest BCUT2D eigenvalue weighted by atomic mass is 19.1. The minimum atomic E-state index is -0.860. The van der Waals surface area contributed by atoms with E-state index in [1.807, 2.05) is 12.1 Å². The molecule has 0 atom stereocenters. The van der Waals surface area contributed by atoms with E-state index < -0.39 is 5.97 Å². The standard InChI is InChI=1S/C19H15FN2O2/c20-16-3-1-2-15(8-9-16)19-21-11-10-17(22-19)14-6-4-13(5-7-14)12-18(23)24/h1,3-11H,2,12H2,(H,23,24). The van der Waals surface area contributed by atoms with Crippen LogP contribution in [0.2, 0.25) is 0 Å².